The van der Waals surface area contributed by atoms with Gasteiger partial charge in [0, 0.05) is 6.42 Å². The number of carbonyl (C=O) groups is 1. The minimum absolute atomic E-state index is 0.116. The highest BCUT2D eigenvalue weighted by Crippen LogP contribution is 2.02. The van der Waals surface area contributed by atoms with Crippen LogP contribution in [0.2, 0.25) is 0 Å². The van der Waals surface area contributed by atoms with Gasteiger partial charge in [0.25, 0.3) is 0 Å². The molecule has 0 aliphatic rings. The van der Waals surface area contributed by atoms with Crippen molar-refractivity contribution in [1.82, 2.24) is 25.2 Å². The van der Waals surface area contributed by atoms with Gasteiger partial charge in [-0.25, -0.2) is 9.48 Å². The number of carboxylic acid groups (broad SMARTS) is 1. The molecule has 0 aromatic carbocycles. The van der Waals surface area contributed by atoms with Crippen molar-refractivity contribution in [3.05, 3.63) is 23.7 Å². The van der Waals surface area contributed by atoms with Gasteiger partial charge in [-0.1, -0.05) is 12.1 Å². The van der Waals surface area contributed by atoms with Crippen molar-refractivity contribution >= 4 is 5.97 Å². The molecule has 2 aromatic heterocycles. The summed E-state index contributed by atoms with van der Waals surface area (Å²) >= 11 is 0. The highest BCUT2D eigenvalue weighted by Gasteiger charge is 2.10. The zero-order chi connectivity index (χ0) is 11.5. The second-order valence-electron chi connectivity index (χ2n) is 3.05. The number of hydrogen-bond acceptors (Lipinski definition) is 6. The van der Waals surface area contributed by atoms with Crippen molar-refractivity contribution < 1.29 is 14.3 Å². The molecule has 2 rings (SSSR count). The first kappa shape index (κ1) is 10.3. The van der Waals surface area contributed by atoms with E-state index in [-0.39, 0.29) is 12.2 Å². The Morgan fingerprint density at radius 3 is 2.75 bits per heavy atom. The van der Waals surface area contributed by atoms with Gasteiger partial charge < -0.3 is 9.52 Å². The average molecular weight is 223 g/mol. The van der Waals surface area contributed by atoms with Gasteiger partial charge >= 0.3 is 5.97 Å². The quantitative estimate of drug-likeness (QED) is 0.775. The van der Waals surface area contributed by atoms with Crippen molar-refractivity contribution in [2.75, 3.05) is 0 Å². The Morgan fingerprint density at radius 1 is 1.44 bits per heavy atom. The maximum Gasteiger partial charge on any atom is 0.358 e. The van der Waals surface area contributed by atoms with E-state index in [4.69, 9.17) is 9.52 Å². The zero-order valence-electron chi connectivity index (χ0n) is 8.49. The predicted molar refractivity (Wildman–Crippen MR) is 49.8 cm³/mol. The Bertz CT molecular complexity index is 503. The second-order valence-corrected chi connectivity index (χ2v) is 3.05. The summed E-state index contributed by atoms with van der Waals surface area (Å²) in [5.74, 6) is -0.210. The number of nitrogens with zero attached hydrogens (tertiary/aromatic N) is 5. The lowest BCUT2D eigenvalue weighted by Crippen LogP contribution is -2.00. The minimum Gasteiger partial charge on any atom is -0.476 e. The Kier molecular flexibility index (Phi) is 2.63. The molecule has 8 heteroatoms. The summed E-state index contributed by atoms with van der Waals surface area (Å²) in [5.41, 5.74) is -0.116. The summed E-state index contributed by atoms with van der Waals surface area (Å²) < 4.78 is 6.58. The largest absolute Gasteiger partial charge is 0.476 e. The maximum absolute atomic E-state index is 10.5. The van der Waals surface area contributed by atoms with Crippen LogP contribution in [0.1, 0.15) is 29.2 Å². The van der Waals surface area contributed by atoms with Crippen molar-refractivity contribution in [3.63, 3.8) is 0 Å². The van der Waals surface area contributed by atoms with Crippen LogP contribution >= 0.6 is 0 Å². The first-order valence-corrected chi connectivity index (χ1v) is 4.63. The minimum atomic E-state index is -1.12. The molecule has 16 heavy (non-hydrogen) atoms. The molecule has 0 aliphatic carbocycles. The van der Waals surface area contributed by atoms with E-state index >= 15 is 0 Å². The standard InChI is InChI=1S/C8H9N5O3/c1-2-6-10-11-7(16-6)4-13-3-5(8(14)15)9-12-13/h3H,2,4H2,1H3,(H,14,15). The zero-order valence-corrected chi connectivity index (χ0v) is 8.49. The van der Waals surface area contributed by atoms with Crippen LogP contribution in [0.3, 0.4) is 0 Å². The van der Waals surface area contributed by atoms with E-state index in [0.29, 0.717) is 18.2 Å². The van der Waals surface area contributed by atoms with Gasteiger partial charge in [0.1, 0.15) is 6.54 Å². The van der Waals surface area contributed by atoms with Gasteiger partial charge in [0.15, 0.2) is 5.69 Å². The van der Waals surface area contributed by atoms with Gasteiger partial charge in [-0.2, -0.15) is 0 Å². The van der Waals surface area contributed by atoms with Crippen molar-refractivity contribution in [2.24, 2.45) is 0 Å². The molecule has 0 aliphatic heterocycles. The lowest BCUT2D eigenvalue weighted by Gasteiger charge is -1.92. The Hall–Kier alpha value is -2.25. The van der Waals surface area contributed by atoms with Crippen LogP contribution in [-0.4, -0.2) is 36.3 Å². The highest BCUT2D eigenvalue weighted by atomic mass is 16.4. The number of aryl methyl sites for hydroxylation is 1. The molecule has 0 bridgehead atoms. The summed E-state index contributed by atoms with van der Waals surface area (Å²) in [6.07, 6.45) is 1.96. The van der Waals surface area contributed by atoms with Crippen molar-refractivity contribution in [3.8, 4) is 0 Å². The molecular weight excluding hydrogens is 214 g/mol. The van der Waals surface area contributed by atoms with Crippen LogP contribution < -0.4 is 0 Å². The van der Waals surface area contributed by atoms with E-state index in [2.05, 4.69) is 20.5 Å². The van der Waals surface area contributed by atoms with Gasteiger partial charge in [-0.05, 0) is 0 Å². The summed E-state index contributed by atoms with van der Waals surface area (Å²) in [6, 6.07) is 0. The molecule has 0 spiro atoms. The number of carboxylic acids is 1. The summed E-state index contributed by atoms with van der Waals surface area (Å²) in [7, 11) is 0. The van der Waals surface area contributed by atoms with E-state index in [9.17, 15) is 4.79 Å². The Morgan fingerprint density at radius 2 is 2.19 bits per heavy atom. The second kappa shape index (κ2) is 4.09. The average Bonchev–Trinajstić information content (AvgIpc) is 2.87. The topological polar surface area (TPSA) is 107 Å². The molecule has 84 valence electrons. The van der Waals surface area contributed by atoms with Crippen molar-refractivity contribution in [1.29, 1.82) is 0 Å². The summed E-state index contributed by atoms with van der Waals surface area (Å²) in [4.78, 5) is 10.5. The first-order valence-electron chi connectivity index (χ1n) is 4.63. The normalized spacial score (nSPS) is 10.6. The summed E-state index contributed by atoms with van der Waals surface area (Å²) in [5, 5.41) is 23.3. The SMILES string of the molecule is CCc1nnc(Cn2cc(C(=O)O)nn2)o1. The van der Waals surface area contributed by atoms with Crippen molar-refractivity contribution in [2.45, 2.75) is 19.9 Å². The molecule has 0 atom stereocenters. The Labute approximate surface area is 89.9 Å². The maximum atomic E-state index is 10.5. The third-order valence-corrected chi connectivity index (χ3v) is 1.87. The monoisotopic (exact) mass is 223 g/mol. The number of aromatic nitrogens is 5. The van der Waals surface area contributed by atoms with Gasteiger partial charge in [0.2, 0.25) is 11.8 Å². The van der Waals surface area contributed by atoms with Gasteiger partial charge in [0.05, 0.1) is 6.20 Å². The van der Waals surface area contributed by atoms with E-state index in [0.717, 1.165) is 0 Å². The fraction of sp³-hybridized carbons (Fsp3) is 0.375. The highest BCUT2D eigenvalue weighted by molar-refractivity contribution is 5.84. The molecule has 0 saturated carbocycles. The molecule has 0 radical (unpaired) electrons. The number of hydrogen-bond donors (Lipinski definition) is 1. The lowest BCUT2D eigenvalue weighted by molar-refractivity contribution is 0.0690. The Balaban J connectivity index is 2.11. The molecule has 0 unspecified atom stereocenters. The van der Waals surface area contributed by atoms with E-state index in [1.165, 1.54) is 10.9 Å². The van der Waals surface area contributed by atoms with E-state index in [1.807, 2.05) is 6.92 Å². The van der Waals surface area contributed by atoms with Crippen LogP contribution in [-0.2, 0) is 13.0 Å². The number of aromatic carboxylic acids is 1. The first-order chi connectivity index (χ1) is 7.69. The molecule has 1 N–H and O–H groups in total. The molecule has 0 fully saturated rings. The molecular formula is C8H9N5O3. The van der Waals surface area contributed by atoms with Crippen LogP contribution in [0.4, 0.5) is 0 Å². The van der Waals surface area contributed by atoms with Crippen LogP contribution in [0, 0.1) is 0 Å². The fourth-order valence-electron chi connectivity index (χ4n) is 1.11. The van der Waals surface area contributed by atoms with Gasteiger partial charge in [-0.3, -0.25) is 0 Å². The number of rotatable bonds is 4. The fourth-order valence-corrected chi connectivity index (χ4v) is 1.11. The third-order valence-electron chi connectivity index (χ3n) is 1.87. The molecule has 2 heterocycles. The third kappa shape index (κ3) is 2.05. The summed E-state index contributed by atoms with van der Waals surface area (Å²) in [6.45, 7) is 2.11. The van der Waals surface area contributed by atoms with E-state index in [1.54, 1.807) is 0 Å². The smallest absolute Gasteiger partial charge is 0.358 e. The van der Waals surface area contributed by atoms with Crippen LogP contribution in [0.15, 0.2) is 10.6 Å². The lowest BCUT2D eigenvalue weighted by atomic mass is 10.5. The predicted octanol–water partition coefficient (Wildman–Crippen LogP) is -0.0300. The van der Waals surface area contributed by atoms with E-state index < -0.39 is 5.97 Å². The molecule has 0 amide bonds. The molecule has 8 nitrogen and oxygen atoms in total. The molecule has 2 aromatic rings. The van der Waals surface area contributed by atoms with Gasteiger partial charge in [-0.15, -0.1) is 15.3 Å². The van der Waals surface area contributed by atoms with Crippen LogP contribution in [0.25, 0.3) is 0 Å². The van der Waals surface area contributed by atoms with Crippen LogP contribution in [0.5, 0.6) is 0 Å². The molecule has 0 saturated heterocycles.